The lowest BCUT2D eigenvalue weighted by Gasteiger charge is -1.98. The Morgan fingerprint density at radius 2 is 1.95 bits per heavy atom. The molecule has 0 bridgehead atoms. The van der Waals surface area contributed by atoms with Crippen molar-refractivity contribution >= 4 is 17.2 Å². The minimum atomic E-state index is 0.173. The second-order valence-electron chi connectivity index (χ2n) is 4.63. The van der Waals surface area contributed by atoms with Crippen LogP contribution in [0.15, 0.2) is 52.8 Å². The van der Waals surface area contributed by atoms with Gasteiger partial charge in [-0.05, 0) is 37.6 Å². The third-order valence-electron chi connectivity index (χ3n) is 3.08. The maximum absolute atomic E-state index is 9.41. The third-order valence-corrected chi connectivity index (χ3v) is 3.08. The minimum Gasteiger partial charge on any atom is -0.508 e. The molecule has 0 atom stereocenters. The number of pyridine rings is 1. The highest BCUT2D eigenvalue weighted by atomic mass is 16.3. The Kier molecular flexibility index (Phi) is 2.95. The molecule has 3 aromatic rings. The topological polar surface area (TPSA) is 62.2 Å². The van der Waals surface area contributed by atoms with Crippen LogP contribution in [-0.4, -0.2) is 14.5 Å². The SMILES string of the molecule is Cc1nc2c(C)cccn2c1N=Nc1cccc(O)c1. The van der Waals surface area contributed by atoms with E-state index in [-0.39, 0.29) is 5.75 Å². The summed E-state index contributed by atoms with van der Waals surface area (Å²) in [5.74, 6) is 0.874. The first kappa shape index (κ1) is 12.3. The molecule has 100 valence electrons. The predicted molar refractivity (Wildman–Crippen MR) is 76.9 cm³/mol. The van der Waals surface area contributed by atoms with Crippen LogP contribution < -0.4 is 0 Å². The summed E-state index contributed by atoms with van der Waals surface area (Å²) in [7, 11) is 0. The summed E-state index contributed by atoms with van der Waals surface area (Å²) in [6, 6.07) is 10.6. The lowest BCUT2D eigenvalue weighted by molar-refractivity contribution is 0.475. The zero-order valence-corrected chi connectivity index (χ0v) is 11.3. The molecule has 2 aromatic heterocycles. The van der Waals surface area contributed by atoms with Gasteiger partial charge >= 0.3 is 0 Å². The first-order chi connectivity index (χ1) is 9.65. The van der Waals surface area contributed by atoms with Crippen LogP contribution in [-0.2, 0) is 0 Å². The maximum atomic E-state index is 9.41. The number of benzene rings is 1. The Hall–Kier alpha value is -2.69. The van der Waals surface area contributed by atoms with Crippen molar-refractivity contribution in [3.05, 3.63) is 53.9 Å². The smallest absolute Gasteiger partial charge is 0.182 e. The first-order valence-corrected chi connectivity index (χ1v) is 6.30. The van der Waals surface area contributed by atoms with Crippen molar-refractivity contribution in [1.29, 1.82) is 0 Å². The number of aromatic nitrogens is 2. The van der Waals surface area contributed by atoms with Crippen molar-refractivity contribution in [2.45, 2.75) is 13.8 Å². The number of hydrogen-bond acceptors (Lipinski definition) is 4. The Labute approximate surface area is 116 Å². The number of phenolic OH excluding ortho intramolecular Hbond substituents is 1. The molecule has 0 aliphatic carbocycles. The molecule has 0 amide bonds. The van der Waals surface area contributed by atoms with Crippen molar-refractivity contribution in [3.63, 3.8) is 0 Å². The van der Waals surface area contributed by atoms with Crippen LogP contribution in [0.4, 0.5) is 11.5 Å². The van der Waals surface area contributed by atoms with Gasteiger partial charge in [0.1, 0.15) is 11.4 Å². The Morgan fingerprint density at radius 1 is 1.10 bits per heavy atom. The highest BCUT2D eigenvalue weighted by Gasteiger charge is 2.09. The highest BCUT2D eigenvalue weighted by Crippen LogP contribution is 2.25. The van der Waals surface area contributed by atoms with E-state index in [1.54, 1.807) is 24.3 Å². The quantitative estimate of drug-likeness (QED) is 0.710. The molecule has 1 aromatic carbocycles. The number of phenols is 1. The summed E-state index contributed by atoms with van der Waals surface area (Å²) in [5, 5.41) is 17.8. The summed E-state index contributed by atoms with van der Waals surface area (Å²) >= 11 is 0. The van der Waals surface area contributed by atoms with Gasteiger partial charge < -0.3 is 5.11 Å². The van der Waals surface area contributed by atoms with E-state index in [0.29, 0.717) is 11.5 Å². The highest BCUT2D eigenvalue weighted by molar-refractivity contribution is 5.56. The van der Waals surface area contributed by atoms with Crippen molar-refractivity contribution < 1.29 is 5.11 Å². The van der Waals surface area contributed by atoms with Gasteiger partial charge in [-0.15, -0.1) is 10.2 Å². The molecule has 5 heteroatoms. The molecule has 0 aliphatic rings. The predicted octanol–water partition coefficient (Wildman–Crippen LogP) is 4.07. The standard InChI is InChI=1S/C15H14N4O/c1-10-5-4-8-19-14(10)16-11(2)15(19)18-17-12-6-3-7-13(20)9-12/h3-9,20H,1-2H3. The number of aromatic hydroxyl groups is 1. The van der Waals surface area contributed by atoms with Gasteiger partial charge in [0.25, 0.3) is 0 Å². The Balaban J connectivity index is 2.07. The molecular weight excluding hydrogens is 252 g/mol. The maximum Gasteiger partial charge on any atom is 0.182 e. The van der Waals surface area contributed by atoms with Crippen LogP contribution in [0, 0.1) is 13.8 Å². The largest absolute Gasteiger partial charge is 0.508 e. The van der Waals surface area contributed by atoms with Crippen molar-refractivity contribution in [1.82, 2.24) is 9.38 Å². The van der Waals surface area contributed by atoms with Crippen molar-refractivity contribution in [2.75, 3.05) is 0 Å². The van der Waals surface area contributed by atoms with Crippen LogP contribution in [0.25, 0.3) is 5.65 Å². The number of nitrogens with zero attached hydrogens (tertiary/aromatic N) is 4. The van der Waals surface area contributed by atoms with Crippen LogP contribution in [0.2, 0.25) is 0 Å². The normalized spacial score (nSPS) is 11.5. The molecule has 1 N–H and O–H groups in total. The van der Waals surface area contributed by atoms with Gasteiger partial charge in [-0.3, -0.25) is 4.40 Å². The van der Waals surface area contributed by atoms with E-state index in [1.807, 2.05) is 36.6 Å². The van der Waals surface area contributed by atoms with Crippen LogP contribution in [0.3, 0.4) is 0 Å². The minimum absolute atomic E-state index is 0.173. The van der Waals surface area contributed by atoms with Gasteiger partial charge in [0.2, 0.25) is 0 Å². The van der Waals surface area contributed by atoms with Crippen LogP contribution in [0.5, 0.6) is 5.75 Å². The van der Waals surface area contributed by atoms with Gasteiger partial charge in [0, 0.05) is 12.3 Å². The molecule has 5 nitrogen and oxygen atoms in total. The van der Waals surface area contributed by atoms with E-state index < -0.39 is 0 Å². The fourth-order valence-corrected chi connectivity index (χ4v) is 2.09. The van der Waals surface area contributed by atoms with Gasteiger partial charge in [-0.1, -0.05) is 12.1 Å². The average molecular weight is 266 g/mol. The van der Waals surface area contributed by atoms with Crippen molar-refractivity contribution in [2.24, 2.45) is 10.2 Å². The summed E-state index contributed by atoms with van der Waals surface area (Å²) < 4.78 is 1.91. The molecule has 3 rings (SSSR count). The number of aryl methyl sites for hydroxylation is 2. The van der Waals surface area contributed by atoms with E-state index in [4.69, 9.17) is 0 Å². The summed E-state index contributed by atoms with van der Waals surface area (Å²) in [4.78, 5) is 4.50. The van der Waals surface area contributed by atoms with Gasteiger partial charge in [-0.2, -0.15) is 0 Å². The number of hydrogen-bond donors (Lipinski definition) is 1. The van der Waals surface area contributed by atoms with E-state index in [2.05, 4.69) is 15.2 Å². The van der Waals surface area contributed by atoms with Gasteiger partial charge in [0.15, 0.2) is 5.82 Å². The summed E-state index contributed by atoms with van der Waals surface area (Å²) in [6.07, 6.45) is 1.92. The number of fused-ring (bicyclic) bond motifs is 1. The average Bonchev–Trinajstić information content (AvgIpc) is 2.74. The Morgan fingerprint density at radius 3 is 2.75 bits per heavy atom. The number of azo groups is 1. The van der Waals surface area contributed by atoms with E-state index in [1.165, 1.54) is 0 Å². The van der Waals surface area contributed by atoms with Crippen molar-refractivity contribution in [3.8, 4) is 5.75 Å². The fourth-order valence-electron chi connectivity index (χ4n) is 2.09. The molecule has 0 fully saturated rings. The van der Waals surface area contributed by atoms with E-state index in [0.717, 1.165) is 16.9 Å². The van der Waals surface area contributed by atoms with Gasteiger partial charge in [0.05, 0.1) is 11.4 Å². The van der Waals surface area contributed by atoms with Crippen LogP contribution >= 0.6 is 0 Å². The molecule has 0 unspecified atom stereocenters. The van der Waals surface area contributed by atoms with Gasteiger partial charge in [-0.25, -0.2) is 4.98 Å². The molecule has 0 saturated heterocycles. The zero-order chi connectivity index (χ0) is 14.1. The molecular formula is C15H14N4O. The molecule has 0 aliphatic heterocycles. The van der Waals surface area contributed by atoms with E-state index in [9.17, 15) is 5.11 Å². The molecule has 0 spiro atoms. The fraction of sp³-hybridized carbons (Fsp3) is 0.133. The Bertz CT molecular complexity index is 805. The monoisotopic (exact) mass is 266 g/mol. The summed E-state index contributed by atoms with van der Waals surface area (Å²) in [6.45, 7) is 3.92. The molecule has 0 radical (unpaired) electrons. The van der Waals surface area contributed by atoms with E-state index >= 15 is 0 Å². The zero-order valence-electron chi connectivity index (χ0n) is 11.3. The third kappa shape index (κ3) is 2.14. The first-order valence-electron chi connectivity index (χ1n) is 6.30. The lowest BCUT2D eigenvalue weighted by atomic mass is 10.3. The molecule has 0 saturated carbocycles. The second kappa shape index (κ2) is 4.77. The van der Waals surface area contributed by atoms with Crippen LogP contribution in [0.1, 0.15) is 11.3 Å². The molecule has 20 heavy (non-hydrogen) atoms. The second-order valence-corrected chi connectivity index (χ2v) is 4.63. The number of rotatable bonds is 2. The lowest BCUT2D eigenvalue weighted by Crippen LogP contribution is -1.85. The molecule has 2 heterocycles. The number of imidazole rings is 1. The summed E-state index contributed by atoms with van der Waals surface area (Å²) in [5.41, 5.74) is 3.40.